The van der Waals surface area contributed by atoms with Crippen molar-refractivity contribution in [3.63, 3.8) is 0 Å². The van der Waals surface area contributed by atoms with Gasteiger partial charge in [-0.05, 0) is 112 Å². The Balaban J connectivity index is 1.26. The van der Waals surface area contributed by atoms with Gasteiger partial charge in [-0.25, -0.2) is 0 Å². The van der Waals surface area contributed by atoms with Gasteiger partial charge in [0.25, 0.3) is 0 Å². The van der Waals surface area contributed by atoms with E-state index in [1.807, 2.05) is 0 Å². The summed E-state index contributed by atoms with van der Waals surface area (Å²) in [5.74, 6) is 5.33. The third-order valence-corrected chi connectivity index (χ3v) is 11.7. The standard InChI is InChI=1S/C36H52O8/c37-1-3-41-19-29(39)21-43-33-12-34(44-22-30(40)20-42-4-2-38)32(36-16-26-8-27(17-36)10-28(9-26)18-36)11-31(33)35-13-23-5-24(14-35)7-25(6-23)15-35/h11-13,24-30,37-40H,1-10,14-22H2. The molecule has 4 N–H and O–H groups in total. The molecule has 0 heterocycles. The Morgan fingerprint density at radius 2 is 1.14 bits per heavy atom. The maximum Gasteiger partial charge on any atom is 0.127 e. The second-order valence-electron chi connectivity index (χ2n) is 15.3. The van der Waals surface area contributed by atoms with Gasteiger partial charge in [0.05, 0.1) is 39.6 Å². The second kappa shape index (κ2) is 12.8. The molecule has 0 saturated heterocycles. The Morgan fingerprint density at radius 3 is 1.64 bits per heavy atom. The van der Waals surface area contributed by atoms with Crippen molar-refractivity contribution in [1.29, 1.82) is 0 Å². The molecule has 4 atom stereocenters. The molecule has 6 saturated carbocycles. The highest BCUT2D eigenvalue weighted by Crippen LogP contribution is 2.64. The Hall–Kier alpha value is -1.68. The van der Waals surface area contributed by atoms with E-state index in [0.29, 0.717) is 0 Å². The van der Waals surface area contributed by atoms with Crippen molar-refractivity contribution in [2.24, 2.45) is 29.6 Å². The molecule has 0 radical (unpaired) electrons. The van der Waals surface area contributed by atoms with Gasteiger partial charge in [-0.1, -0.05) is 11.6 Å². The van der Waals surface area contributed by atoms with Crippen LogP contribution in [0.1, 0.15) is 81.8 Å². The van der Waals surface area contributed by atoms with Crippen LogP contribution >= 0.6 is 0 Å². The molecular weight excluding hydrogens is 560 g/mol. The highest BCUT2D eigenvalue weighted by Gasteiger charge is 2.54. The zero-order chi connectivity index (χ0) is 30.3. The summed E-state index contributed by atoms with van der Waals surface area (Å²) < 4.78 is 23.8. The number of aliphatic hydroxyl groups is 4. The fraction of sp³-hybridized carbons (Fsp3) is 0.778. The Kier molecular flexibility index (Phi) is 9.03. The molecule has 4 unspecified atom stereocenters. The van der Waals surface area contributed by atoms with Gasteiger partial charge in [-0.3, -0.25) is 0 Å². The summed E-state index contributed by atoms with van der Waals surface area (Å²) in [5.41, 5.74) is 4.18. The first-order valence-electron chi connectivity index (χ1n) is 17.3. The molecule has 8 heteroatoms. The van der Waals surface area contributed by atoms with E-state index in [9.17, 15) is 10.2 Å². The summed E-state index contributed by atoms with van der Waals surface area (Å²) in [5, 5.41) is 39.5. The fourth-order valence-electron chi connectivity index (χ4n) is 10.9. The lowest BCUT2D eigenvalue weighted by Crippen LogP contribution is -2.49. The van der Waals surface area contributed by atoms with E-state index in [1.165, 1.54) is 68.9 Å². The summed E-state index contributed by atoms with van der Waals surface area (Å²) >= 11 is 0. The van der Waals surface area contributed by atoms with Crippen LogP contribution in [0.15, 0.2) is 23.8 Å². The SMILES string of the molecule is OCCOCC(O)COc1cc(OCC(O)COCCO)c(C23CC4CC(CC(C4)C2)C3)cc1C12C=C3CC(CC(C3)C1)C2. The van der Waals surface area contributed by atoms with Gasteiger partial charge >= 0.3 is 0 Å². The molecule has 8 nitrogen and oxygen atoms in total. The lowest BCUT2D eigenvalue weighted by Gasteiger charge is -2.57. The lowest BCUT2D eigenvalue weighted by atomic mass is 9.47. The van der Waals surface area contributed by atoms with E-state index < -0.39 is 12.2 Å². The van der Waals surface area contributed by atoms with Crippen molar-refractivity contribution >= 4 is 0 Å². The van der Waals surface area contributed by atoms with Gasteiger partial charge in [-0.15, -0.1) is 0 Å². The number of aliphatic hydroxyl groups excluding tert-OH is 4. The molecule has 9 rings (SSSR count). The summed E-state index contributed by atoms with van der Waals surface area (Å²) in [4.78, 5) is 0. The van der Waals surface area contributed by atoms with E-state index in [4.69, 9.17) is 29.2 Å². The third kappa shape index (κ3) is 6.19. The van der Waals surface area contributed by atoms with Crippen LogP contribution in [0, 0.1) is 29.6 Å². The van der Waals surface area contributed by atoms with Crippen LogP contribution in [0.3, 0.4) is 0 Å². The van der Waals surface area contributed by atoms with Crippen LogP contribution < -0.4 is 9.47 Å². The molecule has 8 aliphatic carbocycles. The molecule has 8 aliphatic rings. The summed E-state index contributed by atoms with van der Waals surface area (Å²) in [6.07, 6.45) is 14.7. The van der Waals surface area contributed by atoms with E-state index >= 15 is 0 Å². The zero-order valence-corrected chi connectivity index (χ0v) is 26.1. The molecule has 44 heavy (non-hydrogen) atoms. The van der Waals surface area contributed by atoms with Crippen molar-refractivity contribution in [2.45, 2.75) is 93.7 Å². The first kappa shape index (κ1) is 30.9. The molecule has 0 aliphatic heterocycles. The Labute approximate surface area is 261 Å². The van der Waals surface area contributed by atoms with Crippen molar-refractivity contribution in [2.75, 3.05) is 52.9 Å². The smallest absolute Gasteiger partial charge is 0.127 e. The van der Waals surface area contributed by atoms with Gasteiger partial charge in [0.15, 0.2) is 0 Å². The van der Waals surface area contributed by atoms with Crippen molar-refractivity contribution in [3.05, 3.63) is 34.9 Å². The minimum atomic E-state index is -0.818. The van der Waals surface area contributed by atoms with Gasteiger partial charge in [0.2, 0.25) is 0 Å². The lowest BCUT2D eigenvalue weighted by molar-refractivity contribution is -0.0108. The maximum atomic E-state index is 10.7. The highest BCUT2D eigenvalue weighted by molar-refractivity contribution is 5.56. The van der Waals surface area contributed by atoms with E-state index in [0.717, 1.165) is 53.9 Å². The van der Waals surface area contributed by atoms with Crippen LogP contribution in [0.2, 0.25) is 0 Å². The predicted octanol–water partition coefficient (Wildman–Crippen LogP) is 4.04. The number of benzene rings is 1. The average molecular weight is 613 g/mol. The van der Waals surface area contributed by atoms with E-state index in [-0.39, 0.29) is 63.7 Å². The molecule has 1 aromatic carbocycles. The minimum Gasteiger partial charge on any atom is -0.490 e. The largest absolute Gasteiger partial charge is 0.490 e. The maximum absolute atomic E-state index is 10.7. The quantitative estimate of drug-likeness (QED) is 0.163. The highest BCUT2D eigenvalue weighted by atomic mass is 16.5. The predicted molar refractivity (Wildman–Crippen MR) is 165 cm³/mol. The Morgan fingerprint density at radius 1 is 0.636 bits per heavy atom. The topological polar surface area (TPSA) is 118 Å². The van der Waals surface area contributed by atoms with Crippen LogP contribution in [-0.4, -0.2) is 85.5 Å². The molecule has 0 amide bonds. The fourth-order valence-corrected chi connectivity index (χ4v) is 10.9. The monoisotopic (exact) mass is 612 g/mol. The number of hydrogen-bond donors (Lipinski definition) is 4. The number of hydrogen-bond acceptors (Lipinski definition) is 8. The average Bonchev–Trinajstić information content (AvgIpc) is 2.97. The van der Waals surface area contributed by atoms with Crippen LogP contribution in [0.5, 0.6) is 11.5 Å². The van der Waals surface area contributed by atoms with Gasteiger partial charge in [0, 0.05) is 22.6 Å². The van der Waals surface area contributed by atoms with E-state index in [1.54, 1.807) is 5.57 Å². The molecule has 8 bridgehead atoms. The zero-order valence-electron chi connectivity index (χ0n) is 26.1. The molecule has 244 valence electrons. The van der Waals surface area contributed by atoms with Crippen LogP contribution in [0.4, 0.5) is 0 Å². The Bertz CT molecular complexity index is 1140. The molecule has 6 fully saturated rings. The van der Waals surface area contributed by atoms with Gasteiger partial charge < -0.3 is 39.4 Å². The first-order valence-corrected chi connectivity index (χ1v) is 17.3. The van der Waals surface area contributed by atoms with Crippen molar-refractivity contribution < 1.29 is 39.4 Å². The molecular formula is C36H52O8. The van der Waals surface area contributed by atoms with Crippen molar-refractivity contribution in [3.8, 4) is 11.5 Å². The summed E-state index contributed by atoms with van der Waals surface area (Å²) in [6.45, 7) is 0.601. The third-order valence-electron chi connectivity index (χ3n) is 11.7. The molecule has 0 aromatic heterocycles. The number of allylic oxidation sites excluding steroid dienone is 2. The second-order valence-corrected chi connectivity index (χ2v) is 15.3. The van der Waals surface area contributed by atoms with Crippen LogP contribution in [-0.2, 0) is 20.3 Å². The normalized spacial score (nSPS) is 36.0. The molecule has 0 spiro atoms. The minimum absolute atomic E-state index is 0.0552. The van der Waals surface area contributed by atoms with Gasteiger partial charge in [-0.2, -0.15) is 0 Å². The van der Waals surface area contributed by atoms with Crippen molar-refractivity contribution in [1.82, 2.24) is 0 Å². The van der Waals surface area contributed by atoms with E-state index in [2.05, 4.69) is 18.2 Å². The number of ether oxygens (including phenoxy) is 4. The van der Waals surface area contributed by atoms with Crippen LogP contribution in [0.25, 0.3) is 0 Å². The summed E-state index contributed by atoms with van der Waals surface area (Å²) in [7, 11) is 0. The summed E-state index contributed by atoms with van der Waals surface area (Å²) in [6, 6.07) is 4.52. The molecule has 1 aromatic rings. The first-order chi connectivity index (χ1) is 21.4. The number of rotatable bonds is 16. The van der Waals surface area contributed by atoms with Gasteiger partial charge in [0.1, 0.15) is 36.9 Å².